The minimum Gasteiger partial charge on any atom is -0.302 e. The van der Waals surface area contributed by atoms with E-state index in [-0.39, 0.29) is 11.7 Å². The van der Waals surface area contributed by atoms with E-state index in [1.807, 2.05) is 24.3 Å². The Hall–Kier alpha value is -2.40. The quantitative estimate of drug-likeness (QED) is 0.530. The number of nitro groups is 1. The fourth-order valence-corrected chi connectivity index (χ4v) is 2.61. The first-order valence-corrected chi connectivity index (χ1v) is 7.42. The lowest BCUT2D eigenvalue weighted by molar-refractivity contribution is -0.384. The van der Waals surface area contributed by atoms with Gasteiger partial charge in [0.25, 0.3) is 5.69 Å². The van der Waals surface area contributed by atoms with Gasteiger partial charge in [0.05, 0.1) is 16.7 Å². The van der Waals surface area contributed by atoms with E-state index in [4.69, 9.17) is 11.6 Å². The molecule has 0 saturated carbocycles. The number of nitrogens with zero attached hydrogens (tertiary/aromatic N) is 2. The van der Waals surface area contributed by atoms with E-state index in [2.05, 4.69) is 10.5 Å². The highest BCUT2D eigenvalue weighted by Gasteiger charge is 2.21. The summed E-state index contributed by atoms with van der Waals surface area (Å²) >= 11 is 5.79. The van der Waals surface area contributed by atoms with Crippen LogP contribution in [0.4, 0.5) is 5.69 Å². The van der Waals surface area contributed by atoms with Crippen LogP contribution in [0.3, 0.4) is 0 Å². The molecule has 1 unspecified atom stereocenters. The first kappa shape index (κ1) is 14.5. The molecular weight excluding hydrogens is 302 g/mol. The lowest BCUT2D eigenvalue weighted by Crippen LogP contribution is -2.09. The number of hydrogen-bond donors (Lipinski definition) is 1. The lowest BCUT2D eigenvalue weighted by atomic mass is 9.98. The zero-order valence-electron chi connectivity index (χ0n) is 11.7. The van der Waals surface area contributed by atoms with Crippen molar-refractivity contribution in [3.05, 3.63) is 75.3 Å². The topological polar surface area (TPSA) is 67.5 Å². The monoisotopic (exact) mass is 315 g/mol. The predicted molar refractivity (Wildman–Crippen MR) is 86.1 cm³/mol. The summed E-state index contributed by atoms with van der Waals surface area (Å²) < 4.78 is 0. The van der Waals surface area contributed by atoms with Crippen molar-refractivity contribution in [3.63, 3.8) is 0 Å². The van der Waals surface area contributed by atoms with Crippen LogP contribution in [0.5, 0.6) is 0 Å². The molecule has 2 aromatic rings. The average molecular weight is 316 g/mol. The number of nitrogens with one attached hydrogen (secondary N) is 1. The molecule has 22 heavy (non-hydrogen) atoms. The van der Waals surface area contributed by atoms with Crippen molar-refractivity contribution in [2.24, 2.45) is 5.10 Å². The van der Waals surface area contributed by atoms with Gasteiger partial charge in [0.1, 0.15) is 0 Å². The van der Waals surface area contributed by atoms with Gasteiger partial charge in [0.2, 0.25) is 0 Å². The Bertz CT molecular complexity index is 711. The van der Waals surface area contributed by atoms with Crippen LogP contribution in [0, 0.1) is 10.1 Å². The third-order valence-corrected chi connectivity index (χ3v) is 4.01. The Morgan fingerprint density at radius 1 is 1.18 bits per heavy atom. The molecule has 0 aromatic heterocycles. The fraction of sp³-hybridized carbons (Fsp3) is 0.188. The van der Waals surface area contributed by atoms with E-state index in [0.717, 1.165) is 28.8 Å². The second-order valence-corrected chi connectivity index (χ2v) is 5.39. The second-order valence-electron chi connectivity index (χ2n) is 5.12. The summed E-state index contributed by atoms with van der Waals surface area (Å²) in [7, 11) is 0. The van der Waals surface area contributed by atoms with E-state index in [1.165, 1.54) is 12.1 Å². The second kappa shape index (κ2) is 6.15. The molecule has 1 aliphatic heterocycles. The van der Waals surface area contributed by atoms with Gasteiger partial charge in [0.15, 0.2) is 0 Å². The fourth-order valence-electron chi connectivity index (χ4n) is 2.43. The van der Waals surface area contributed by atoms with Gasteiger partial charge in [-0.1, -0.05) is 36.4 Å². The number of hydrogen-bond acceptors (Lipinski definition) is 4. The van der Waals surface area contributed by atoms with Gasteiger partial charge in [-0.2, -0.15) is 5.10 Å². The van der Waals surface area contributed by atoms with E-state index >= 15 is 0 Å². The number of benzene rings is 2. The van der Waals surface area contributed by atoms with E-state index in [1.54, 1.807) is 12.1 Å². The summed E-state index contributed by atoms with van der Waals surface area (Å²) in [5.74, 6) is 0.496. The highest BCUT2D eigenvalue weighted by atomic mass is 35.5. The highest BCUT2D eigenvalue weighted by molar-refractivity contribution is 6.17. The Labute approximate surface area is 132 Å². The zero-order chi connectivity index (χ0) is 15.5. The summed E-state index contributed by atoms with van der Waals surface area (Å²) in [5, 5.41) is 15.1. The number of rotatable bonds is 4. The van der Waals surface area contributed by atoms with Crippen molar-refractivity contribution in [2.75, 3.05) is 0 Å². The predicted octanol–water partition coefficient (Wildman–Crippen LogP) is 3.77. The van der Waals surface area contributed by atoms with Gasteiger partial charge >= 0.3 is 0 Å². The van der Waals surface area contributed by atoms with Crippen molar-refractivity contribution in [1.82, 2.24) is 5.43 Å². The SMILES string of the molecule is O=[N+]([O-])c1ccc(C2CC(c3ccc(CCl)cc3)=NN2)cc1. The first-order valence-electron chi connectivity index (χ1n) is 6.89. The van der Waals surface area contributed by atoms with Gasteiger partial charge in [-0.15, -0.1) is 11.6 Å². The van der Waals surface area contributed by atoms with Crippen molar-refractivity contribution in [3.8, 4) is 0 Å². The van der Waals surface area contributed by atoms with Crippen LogP contribution in [0.1, 0.15) is 29.2 Å². The van der Waals surface area contributed by atoms with Crippen molar-refractivity contribution >= 4 is 23.0 Å². The number of alkyl halides is 1. The molecule has 6 heteroatoms. The van der Waals surface area contributed by atoms with Crippen LogP contribution >= 0.6 is 11.6 Å². The summed E-state index contributed by atoms with van der Waals surface area (Å²) in [6.07, 6.45) is 0.748. The highest BCUT2D eigenvalue weighted by Crippen LogP contribution is 2.26. The van der Waals surface area contributed by atoms with Crippen LogP contribution in [0.2, 0.25) is 0 Å². The summed E-state index contributed by atoms with van der Waals surface area (Å²) in [4.78, 5) is 10.3. The summed E-state index contributed by atoms with van der Waals surface area (Å²) in [6, 6.07) is 14.6. The van der Waals surface area contributed by atoms with Gasteiger partial charge in [-0.05, 0) is 16.7 Å². The third-order valence-electron chi connectivity index (χ3n) is 3.70. The normalized spacial score (nSPS) is 17.0. The Morgan fingerprint density at radius 3 is 2.45 bits per heavy atom. The smallest absolute Gasteiger partial charge is 0.269 e. The average Bonchev–Trinajstić information content (AvgIpc) is 3.05. The zero-order valence-corrected chi connectivity index (χ0v) is 12.5. The molecule has 1 heterocycles. The maximum Gasteiger partial charge on any atom is 0.269 e. The maximum atomic E-state index is 10.7. The largest absolute Gasteiger partial charge is 0.302 e. The molecule has 0 radical (unpaired) electrons. The van der Waals surface area contributed by atoms with Gasteiger partial charge < -0.3 is 5.43 Å². The summed E-state index contributed by atoms with van der Waals surface area (Å²) in [5.41, 5.74) is 7.29. The molecule has 0 spiro atoms. The van der Waals surface area contributed by atoms with E-state index in [9.17, 15) is 10.1 Å². The molecule has 0 amide bonds. The van der Waals surface area contributed by atoms with Crippen molar-refractivity contribution in [2.45, 2.75) is 18.3 Å². The standard InChI is InChI=1S/C16H14ClN3O2/c17-10-11-1-3-12(4-2-11)15-9-16(19-18-15)13-5-7-14(8-6-13)20(21)22/h1-8,16,19H,9-10H2. The molecule has 2 aromatic carbocycles. The Morgan fingerprint density at radius 2 is 1.86 bits per heavy atom. The minimum atomic E-state index is -0.397. The maximum absolute atomic E-state index is 10.7. The molecule has 112 valence electrons. The minimum absolute atomic E-state index is 0.0449. The Kier molecular flexibility index (Phi) is 4.06. The van der Waals surface area contributed by atoms with Gasteiger partial charge in [-0.25, -0.2) is 0 Å². The Balaban J connectivity index is 1.71. The van der Waals surface area contributed by atoms with Crippen LogP contribution in [-0.2, 0) is 5.88 Å². The van der Waals surface area contributed by atoms with Gasteiger partial charge in [-0.3, -0.25) is 10.1 Å². The van der Waals surface area contributed by atoms with Crippen molar-refractivity contribution in [1.29, 1.82) is 0 Å². The molecule has 1 N–H and O–H groups in total. The van der Waals surface area contributed by atoms with Crippen LogP contribution in [0.15, 0.2) is 53.6 Å². The van der Waals surface area contributed by atoms with Crippen LogP contribution in [0.25, 0.3) is 0 Å². The molecule has 5 nitrogen and oxygen atoms in total. The van der Waals surface area contributed by atoms with E-state index in [0.29, 0.717) is 5.88 Å². The van der Waals surface area contributed by atoms with Crippen LogP contribution < -0.4 is 5.43 Å². The van der Waals surface area contributed by atoms with Gasteiger partial charge in [0, 0.05) is 24.4 Å². The lowest BCUT2D eigenvalue weighted by Gasteiger charge is -2.09. The molecular formula is C16H14ClN3O2. The van der Waals surface area contributed by atoms with Crippen LogP contribution in [-0.4, -0.2) is 10.6 Å². The van der Waals surface area contributed by atoms with Crippen molar-refractivity contribution < 1.29 is 4.92 Å². The summed E-state index contributed by atoms with van der Waals surface area (Å²) in [6.45, 7) is 0. The number of non-ortho nitro benzene ring substituents is 1. The third kappa shape index (κ3) is 2.94. The molecule has 3 rings (SSSR count). The molecule has 0 aliphatic carbocycles. The van der Waals surface area contributed by atoms with E-state index < -0.39 is 4.92 Å². The molecule has 0 bridgehead atoms. The molecule has 0 saturated heterocycles. The number of nitro benzene ring substituents is 1. The molecule has 0 fully saturated rings. The number of hydrazone groups is 1. The first-order chi connectivity index (χ1) is 10.7. The number of halogens is 1. The molecule has 1 aliphatic rings. The molecule has 1 atom stereocenters.